The van der Waals surface area contributed by atoms with Gasteiger partial charge in [0.2, 0.25) is 0 Å². The molecule has 0 aliphatic heterocycles. The zero-order valence-corrected chi connectivity index (χ0v) is 15.4. The normalized spacial score (nSPS) is 10.5. The van der Waals surface area contributed by atoms with Crippen molar-refractivity contribution in [3.8, 4) is 0 Å². The van der Waals surface area contributed by atoms with E-state index >= 15 is 0 Å². The summed E-state index contributed by atoms with van der Waals surface area (Å²) in [4.78, 5) is 18.7. The second kappa shape index (κ2) is 8.45. The molecule has 5 heteroatoms. The van der Waals surface area contributed by atoms with E-state index in [1.54, 1.807) is 24.4 Å². The fourth-order valence-corrected chi connectivity index (χ4v) is 2.87. The minimum absolute atomic E-state index is 0.260. The Balaban J connectivity index is 1.68. The van der Waals surface area contributed by atoms with Gasteiger partial charge in [-0.25, -0.2) is 9.37 Å². The number of carbonyl (C=O) groups is 1. The van der Waals surface area contributed by atoms with Crippen LogP contribution in [0.5, 0.6) is 0 Å². The molecule has 4 nitrogen and oxygen atoms in total. The van der Waals surface area contributed by atoms with Crippen LogP contribution in [0.1, 0.15) is 28.5 Å². The van der Waals surface area contributed by atoms with Gasteiger partial charge in [-0.2, -0.15) is 0 Å². The smallest absolute Gasteiger partial charge is 0.270 e. The Morgan fingerprint density at radius 1 is 1.07 bits per heavy atom. The van der Waals surface area contributed by atoms with Gasteiger partial charge in [0.15, 0.2) is 0 Å². The first-order valence-electron chi connectivity index (χ1n) is 8.89. The van der Waals surface area contributed by atoms with E-state index in [2.05, 4.69) is 47.2 Å². The Morgan fingerprint density at radius 2 is 1.85 bits per heavy atom. The van der Waals surface area contributed by atoms with Gasteiger partial charge in [-0.1, -0.05) is 24.3 Å². The Labute approximate surface area is 158 Å². The van der Waals surface area contributed by atoms with Crippen LogP contribution in [0.3, 0.4) is 0 Å². The third-order valence-electron chi connectivity index (χ3n) is 4.29. The number of nitrogens with zero attached hydrogens (tertiary/aromatic N) is 2. The summed E-state index contributed by atoms with van der Waals surface area (Å²) in [5.41, 5.74) is 4.39. The van der Waals surface area contributed by atoms with Gasteiger partial charge in [0.05, 0.1) is 11.9 Å². The fraction of sp³-hybridized carbons (Fsp3) is 0.182. The standard InChI is InChI=1S/C22H22FN3O/c1-3-26(19-6-4-5-16(2)13-19)20-11-12-21(24-15-20)22(27)25-14-17-7-9-18(23)10-8-17/h4-13,15H,3,14H2,1-2H3,(H,25,27). The van der Waals surface area contributed by atoms with Gasteiger partial charge in [-0.3, -0.25) is 4.79 Å². The highest BCUT2D eigenvalue weighted by atomic mass is 19.1. The first kappa shape index (κ1) is 18.6. The predicted octanol–water partition coefficient (Wildman–Crippen LogP) is 4.62. The number of amides is 1. The summed E-state index contributed by atoms with van der Waals surface area (Å²) in [7, 11) is 0. The Hall–Kier alpha value is -3.21. The van der Waals surface area contributed by atoms with Crippen LogP contribution in [0.25, 0.3) is 0 Å². The molecule has 0 bridgehead atoms. The lowest BCUT2D eigenvalue weighted by Crippen LogP contribution is -2.24. The highest BCUT2D eigenvalue weighted by molar-refractivity contribution is 5.92. The zero-order chi connectivity index (χ0) is 19.2. The Bertz CT molecular complexity index is 908. The summed E-state index contributed by atoms with van der Waals surface area (Å²) in [6.45, 7) is 5.25. The largest absolute Gasteiger partial charge is 0.347 e. The van der Waals surface area contributed by atoms with Gasteiger partial charge in [-0.15, -0.1) is 0 Å². The summed E-state index contributed by atoms with van der Waals surface area (Å²) in [5.74, 6) is -0.555. The van der Waals surface area contributed by atoms with Crippen LogP contribution in [0.2, 0.25) is 0 Å². The van der Waals surface area contributed by atoms with Gasteiger partial charge in [-0.05, 0) is 61.4 Å². The first-order chi connectivity index (χ1) is 13.1. The molecule has 0 aliphatic rings. The molecule has 0 saturated carbocycles. The number of halogens is 1. The molecule has 1 aromatic heterocycles. The van der Waals surface area contributed by atoms with Crippen LogP contribution in [-0.2, 0) is 6.54 Å². The molecule has 0 atom stereocenters. The zero-order valence-electron chi connectivity index (χ0n) is 15.4. The number of aryl methyl sites for hydroxylation is 1. The minimum atomic E-state index is -0.295. The molecule has 0 aliphatic carbocycles. The van der Waals surface area contributed by atoms with Crippen molar-refractivity contribution >= 4 is 17.3 Å². The molecular weight excluding hydrogens is 341 g/mol. The van der Waals surface area contributed by atoms with Crippen molar-refractivity contribution in [2.75, 3.05) is 11.4 Å². The van der Waals surface area contributed by atoms with Crippen molar-refractivity contribution in [2.24, 2.45) is 0 Å². The first-order valence-corrected chi connectivity index (χ1v) is 8.89. The maximum absolute atomic E-state index is 12.9. The van der Waals surface area contributed by atoms with E-state index in [1.807, 2.05) is 12.1 Å². The molecule has 0 unspecified atom stereocenters. The summed E-state index contributed by atoms with van der Waals surface area (Å²) >= 11 is 0. The number of hydrogen-bond acceptors (Lipinski definition) is 3. The molecule has 0 fully saturated rings. The monoisotopic (exact) mass is 363 g/mol. The maximum Gasteiger partial charge on any atom is 0.270 e. The Kier molecular flexibility index (Phi) is 5.81. The molecule has 1 N–H and O–H groups in total. The van der Waals surface area contributed by atoms with Crippen molar-refractivity contribution in [3.63, 3.8) is 0 Å². The SMILES string of the molecule is CCN(c1ccc(C(=O)NCc2ccc(F)cc2)nc1)c1cccc(C)c1. The lowest BCUT2D eigenvalue weighted by Gasteiger charge is -2.23. The minimum Gasteiger partial charge on any atom is -0.347 e. The molecule has 0 spiro atoms. The summed E-state index contributed by atoms with van der Waals surface area (Å²) in [5, 5.41) is 2.80. The van der Waals surface area contributed by atoms with Crippen LogP contribution < -0.4 is 10.2 Å². The van der Waals surface area contributed by atoms with E-state index in [4.69, 9.17) is 0 Å². The quantitative estimate of drug-likeness (QED) is 0.695. The highest BCUT2D eigenvalue weighted by Gasteiger charge is 2.11. The molecule has 1 heterocycles. The average Bonchev–Trinajstić information content (AvgIpc) is 2.68. The van der Waals surface area contributed by atoms with Crippen molar-refractivity contribution in [1.82, 2.24) is 10.3 Å². The van der Waals surface area contributed by atoms with Crippen molar-refractivity contribution in [2.45, 2.75) is 20.4 Å². The van der Waals surface area contributed by atoms with Gasteiger partial charge in [0.1, 0.15) is 11.5 Å². The van der Waals surface area contributed by atoms with Gasteiger partial charge in [0.25, 0.3) is 5.91 Å². The molecule has 138 valence electrons. The molecule has 27 heavy (non-hydrogen) atoms. The number of carbonyl (C=O) groups excluding carboxylic acids is 1. The molecular formula is C22H22FN3O. The van der Waals surface area contributed by atoms with Crippen LogP contribution in [0.15, 0.2) is 66.9 Å². The van der Waals surface area contributed by atoms with Gasteiger partial charge in [0, 0.05) is 18.8 Å². The van der Waals surface area contributed by atoms with E-state index in [9.17, 15) is 9.18 Å². The number of pyridine rings is 1. The van der Waals surface area contributed by atoms with Crippen LogP contribution in [0.4, 0.5) is 15.8 Å². The average molecular weight is 363 g/mol. The number of aromatic nitrogens is 1. The predicted molar refractivity (Wildman–Crippen MR) is 106 cm³/mol. The van der Waals surface area contributed by atoms with E-state index in [1.165, 1.54) is 17.7 Å². The van der Waals surface area contributed by atoms with Crippen LogP contribution >= 0.6 is 0 Å². The number of rotatable bonds is 6. The van der Waals surface area contributed by atoms with E-state index in [0.717, 1.165) is 23.5 Å². The number of nitrogens with one attached hydrogen (secondary N) is 1. The van der Waals surface area contributed by atoms with Crippen LogP contribution in [0, 0.1) is 12.7 Å². The van der Waals surface area contributed by atoms with Crippen molar-refractivity contribution < 1.29 is 9.18 Å². The second-order valence-electron chi connectivity index (χ2n) is 6.29. The number of hydrogen-bond donors (Lipinski definition) is 1. The number of anilines is 2. The third-order valence-corrected chi connectivity index (χ3v) is 4.29. The molecule has 2 aromatic carbocycles. The molecule has 3 rings (SSSR count). The van der Waals surface area contributed by atoms with Gasteiger partial charge < -0.3 is 10.2 Å². The third kappa shape index (κ3) is 4.70. The fourth-order valence-electron chi connectivity index (χ4n) is 2.87. The lowest BCUT2D eigenvalue weighted by atomic mass is 10.2. The Morgan fingerprint density at radius 3 is 2.48 bits per heavy atom. The second-order valence-corrected chi connectivity index (χ2v) is 6.29. The topological polar surface area (TPSA) is 45.2 Å². The molecule has 3 aromatic rings. The number of benzene rings is 2. The highest BCUT2D eigenvalue weighted by Crippen LogP contribution is 2.25. The summed E-state index contributed by atoms with van der Waals surface area (Å²) in [6, 6.07) is 17.9. The van der Waals surface area contributed by atoms with Crippen molar-refractivity contribution in [1.29, 1.82) is 0 Å². The lowest BCUT2D eigenvalue weighted by molar-refractivity contribution is 0.0946. The van der Waals surface area contributed by atoms with Crippen LogP contribution in [-0.4, -0.2) is 17.4 Å². The van der Waals surface area contributed by atoms with Crippen molar-refractivity contribution in [3.05, 3.63) is 89.5 Å². The van der Waals surface area contributed by atoms with E-state index in [0.29, 0.717) is 12.2 Å². The molecule has 0 radical (unpaired) electrons. The maximum atomic E-state index is 12.9. The summed E-state index contributed by atoms with van der Waals surface area (Å²) in [6.07, 6.45) is 1.71. The summed E-state index contributed by atoms with van der Waals surface area (Å²) < 4.78 is 12.9. The van der Waals surface area contributed by atoms with E-state index in [-0.39, 0.29) is 11.7 Å². The molecule has 0 saturated heterocycles. The molecule has 1 amide bonds. The van der Waals surface area contributed by atoms with E-state index < -0.39 is 0 Å². The van der Waals surface area contributed by atoms with Gasteiger partial charge >= 0.3 is 0 Å².